The van der Waals surface area contributed by atoms with Gasteiger partial charge in [-0.15, -0.1) is 31.5 Å². The Morgan fingerprint density at radius 2 is 0.720 bits per heavy atom. The molecule has 12 amide bonds. The van der Waals surface area contributed by atoms with Crippen molar-refractivity contribution >= 4 is 159 Å². The molecule has 0 spiro atoms. The number of aryl methyl sites for hydroxylation is 7. The van der Waals surface area contributed by atoms with Crippen molar-refractivity contribution in [2.24, 2.45) is 0 Å². The van der Waals surface area contributed by atoms with Crippen LogP contribution in [0.5, 0.6) is 11.5 Å². The van der Waals surface area contributed by atoms with Crippen molar-refractivity contribution in [1.29, 1.82) is 0 Å². The molecule has 9 aromatic heterocycles. The third kappa shape index (κ3) is 29.8. The number of hydrogen-bond donors (Lipinski definition) is 12. The zero-order valence-electron chi connectivity index (χ0n) is 77.0. The van der Waals surface area contributed by atoms with Gasteiger partial charge in [0.15, 0.2) is 29.0 Å². The fourth-order valence-corrected chi connectivity index (χ4v) is 16.3. The molecule has 0 saturated heterocycles. The summed E-state index contributed by atoms with van der Waals surface area (Å²) in [6.45, 7) is 13.7. The maximum atomic E-state index is 13.2. The number of rotatable bonds is 21. The summed E-state index contributed by atoms with van der Waals surface area (Å²) in [5.74, 6) is 2.38. The summed E-state index contributed by atoms with van der Waals surface area (Å²) in [6, 6.07) is 88.4. The Bertz CT molecular complexity index is 7230. The van der Waals surface area contributed by atoms with E-state index in [-0.39, 0.29) is 41.8 Å². The number of carbonyl (C=O) groups excluding carboxylic acids is 6. The van der Waals surface area contributed by atoms with Gasteiger partial charge in [0.2, 0.25) is 0 Å². The number of thiophene rings is 2. The highest BCUT2D eigenvalue weighted by atomic mass is 79.9. The van der Waals surface area contributed by atoms with Crippen molar-refractivity contribution in [2.75, 3.05) is 59.7 Å². The standard InChI is InChI=1S/C19H18F2N4O.C18H14F2N4O3.C18H18N4O.C15H12Br2N4OS.C15H13ClN4OS.C15H15N5O2/c1-13-11-18(25(24-13)15-5-3-2-4-6-15)23-19(26)22-10-9-14-7-8-16(20)17(21)12-14;1-11-9-16(24(23-11)13-5-3-2-4-6-13)22-17(25)21-12-7-8-14-15(10-12)27-18(19,20)26-14;1-14-12-17(22(21-14)16-10-6-3-7-11-16)20-18(23)19-13-15-8-4-2-5-9-15;1-9-7-12(21(20-9)10-5-3-2-4-6-10)18-15(22)19-13-8-11(16)14(17)23-13;1-10-7-14(20(19-10)12-5-3-2-4-6-12)18-15(21)17-11-8-13(16)22-9-11;1-10-8-14(20(18-10)12-6-4-3-5-7-12)17-15(21)16-13-9-11(2)22-19-13/h2-8,11-12H,9-10H2,1H3,(H2,22,23,26);2-10H,1H3,(H2,21,22,25);2-12H,13H2,1H3,(H2,19,20,23);2-8H,1H3,(H2,18,19,22);2-9H,1H3,(H2,17,18,21);3-9H,1-2H3,(H2,16,17,19,21). The first-order valence-corrected chi connectivity index (χ1v) is 47.2. The summed E-state index contributed by atoms with van der Waals surface area (Å²) < 4.78 is 78.3. The number of urea groups is 6. The molecule has 12 N–H and O–H groups in total. The van der Waals surface area contributed by atoms with Crippen molar-refractivity contribution in [3.8, 4) is 45.6 Å². The number of nitrogens with zero attached hydrogens (tertiary/aromatic N) is 13. The average Bonchev–Trinajstić information content (AvgIpc) is 1.67. The highest BCUT2D eigenvalue weighted by Crippen LogP contribution is 2.43. The Morgan fingerprint density at radius 1 is 0.364 bits per heavy atom. The van der Waals surface area contributed by atoms with E-state index in [0.717, 1.165) is 99.2 Å². The van der Waals surface area contributed by atoms with E-state index in [4.69, 9.17) is 16.1 Å². The molecule has 43 heteroatoms. The number of anilines is 10. The number of para-hydroxylation sites is 6. The first-order valence-electron chi connectivity index (χ1n) is 43.5. The maximum absolute atomic E-state index is 13.2. The molecule has 0 bridgehead atoms. The van der Waals surface area contributed by atoms with E-state index in [0.29, 0.717) is 75.0 Å². The van der Waals surface area contributed by atoms with E-state index in [1.807, 2.05) is 271 Å². The van der Waals surface area contributed by atoms with E-state index in [2.05, 4.69) is 141 Å². The number of aromatic nitrogens is 13. The van der Waals surface area contributed by atoms with Crippen molar-refractivity contribution in [1.82, 2.24) is 74.5 Å². The molecule has 0 saturated carbocycles. The summed E-state index contributed by atoms with van der Waals surface area (Å²) in [5, 5.41) is 65.5. The summed E-state index contributed by atoms with van der Waals surface area (Å²) >= 11 is 15.4. The van der Waals surface area contributed by atoms with Crippen LogP contribution < -0.4 is 73.3 Å². The smallest absolute Gasteiger partial charge is 0.395 e. The highest BCUT2D eigenvalue weighted by Gasteiger charge is 2.43. The third-order valence-corrected chi connectivity index (χ3v) is 23.9. The lowest BCUT2D eigenvalue weighted by Crippen LogP contribution is -2.31. The first kappa shape index (κ1) is 102. The van der Waals surface area contributed by atoms with Crippen molar-refractivity contribution in [3.63, 3.8) is 0 Å². The molecular weight excluding hydrogens is 2030 g/mol. The van der Waals surface area contributed by atoms with Crippen LogP contribution in [0.25, 0.3) is 34.1 Å². The topological polar surface area (TPSA) is 398 Å². The van der Waals surface area contributed by atoms with Crippen LogP contribution in [-0.4, -0.2) is 113 Å². The minimum Gasteiger partial charge on any atom is -0.395 e. The summed E-state index contributed by atoms with van der Waals surface area (Å²) in [7, 11) is 0. The van der Waals surface area contributed by atoms with Gasteiger partial charge in [0.25, 0.3) is 0 Å². The lowest BCUT2D eigenvalue weighted by atomic mass is 10.1. The Morgan fingerprint density at radius 3 is 1.08 bits per heavy atom. The van der Waals surface area contributed by atoms with Crippen LogP contribution >= 0.6 is 66.1 Å². The van der Waals surface area contributed by atoms with Crippen molar-refractivity contribution in [3.05, 3.63) is 384 Å². The SMILES string of the molecule is Cc1cc(NC(=O)NCCc2ccc(F)c(F)c2)n(-c2ccccc2)n1.Cc1cc(NC(=O)NCc2ccccc2)n(-c2ccccc2)n1.Cc1cc(NC(=O)Nc2cc(Br)c(Br)s2)n(-c2ccccc2)n1.Cc1cc(NC(=O)Nc2cc(C)on2)n(-c2ccccc2)n1.Cc1cc(NC(=O)Nc2ccc3c(c2)OC(F)(F)O3)n(-c2ccccc2)n1.Cc1cc(NC(=O)Nc2csc(Cl)c2)n(-c2ccccc2)n1. The maximum Gasteiger partial charge on any atom is 0.586 e. The van der Waals surface area contributed by atoms with Gasteiger partial charge in [-0.3, -0.25) is 42.5 Å². The molecule has 1 aliphatic heterocycles. The Labute approximate surface area is 845 Å². The minimum atomic E-state index is -3.71. The second-order valence-corrected chi connectivity index (χ2v) is 35.8. The first-order chi connectivity index (χ1) is 68.9. The van der Waals surface area contributed by atoms with Gasteiger partial charge >= 0.3 is 42.5 Å². The molecule has 0 fully saturated rings. The second-order valence-electron chi connectivity index (χ2n) is 31.0. The molecule has 0 aliphatic carbocycles. The average molecular weight is 2120 g/mol. The van der Waals surface area contributed by atoms with Crippen LogP contribution in [0.3, 0.4) is 0 Å². The van der Waals surface area contributed by atoms with E-state index in [1.165, 1.54) is 46.9 Å². The number of fused-ring (bicyclic) bond motifs is 1. The van der Waals surface area contributed by atoms with Crippen LogP contribution in [0.1, 0.15) is 51.1 Å². The number of benzene rings is 9. The van der Waals surface area contributed by atoms with Gasteiger partial charge in [0.05, 0.1) is 87.1 Å². The van der Waals surface area contributed by atoms with Crippen LogP contribution in [0.4, 0.5) is 103 Å². The minimum absolute atomic E-state index is 0.0938. The van der Waals surface area contributed by atoms with Gasteiger partial charge in [-0.1, -0.05) is 162 Å². The Kier molecular flexibility index (Phi) is 34.6. The molecule has 0 atom stereocenters. The van der Waals surface area contributed by atoms with E-state index < -0.39 is 36.0 Å². The Balaban J connectivity index is 0.000000136. The predicted octanol–water partition coefficient (Wildman–Crippen LogP) is 24.5. The highest BCUT2D eigenvalue weighted by molar-refractivity contribution is 9.13. The van der Waals surface area contributed by atoms with Gasteiger partial charge in [0, 0.05) is 77.2 Å². The molecule has 0 unspecified atom stereocenters. The van der Waals surface area contributed by atoms with E-state index in [1.54, 1.807) is 77.7 Å². The zero-order chi connectivity index (χ0) is 101. The quantitative estimate of drug-likeness (QED) is 0.0297. The lowest BCUT2D eigenvalue weighted by Gasteiger charge is -2.10. The van der Waals surface area contributed by atoms with Gasteiger partial charge in [-0.05, 0) is 207 Å². The number of carbonyl (C=O) groups is 6. The van der Waals surface area contributed by atoms with Crippen LogP contribution in [0, 0.1) is 60.1 Å². The lowest BCUT2D eigenvalue weighted by molar-refractivity contribution is -0.286. The second kappa shape index (κ2) is 48.6. The summed E-state index contributed by atoms with van der Waals surface area (Å²) in [4.78, 5) is 72.9. The van der Waals surface area contributed by atoms with Gasteiger partial charge in [-0.25, -0.2) is 65.6 Å². The number of nitrogens with one attached hydrogen (secondary N) is 12. The van der Waals surface area contributed by atoms with Crippen LogP contribution in [0.2, 0.25) is 4.34 Å². The van der Waals surface area contributed by atoms with Crippen molar-refractivity contribution < 1.29 is 60.3 Å². The normalized spacial score (nSPS) is 11.1. The third-order valence-electron chi connectivity index (χ3n) is 19.7. The Hall–Kier alpha value is -17.0. The molecule has 1 aliphatic rings. The monoisotopic (exact) mass is 2120 g/mol. The molecule has 9 aromatic carbocycles. The molecule has 19 rings (SSSR count). The molecule has 730 valence electrons. The number of alkyl halides is 2. The fourth-order valence-electron chi connectivity index (χ4n) is 13.6. The number of ether oxygens (including phenoxy) is 2. The zero-order valence-corrected chi connectivity index (χ0v) is 82.6. The number of hydrogen-bond acceptors (Lipinski definition) is 18. The molecule has 10 heterocycles. The molecule has 143 heavy (non-hydrogen) atoms. The largest absolute Gasteiger partial charge is 0.586 e. The van der Waals surface area contributed by atoms with Gasteiger partial charge in [-0.2, -0.15) is 30.6 Å². The van der Waals surface area contributed by atoms with Crippen molar-refractivity contribution in [2.45, 2.75) is 67.7 Å². The number of halogens is 7. The van der Waals surface area contributed by atoms with Crippen LogP contribution in [0.15, 0.2) is 321 Å². The molecule has 0 radical (unpaired) electrons. The van der Waals surface area contributed by atoms with Gasteiger partial charge < -0.3 is 35.3 Å². The molecular formula is C100H90Br2ClF4N25O9S2. The molecule has 34 nitrogen and oxygen atoms in total. The predicted molar refractivity (Wildman–Crippen MR) is 553 cm³/mol. The van der Waals surface area contributed by atoms with E-state index >= 15 is 0 Å². The van der Waals surface area contributed by atoms with E-state index in [9.17, 15) is 46.3 Å². The van der Waals surface area contributed by atoms with Gasteiger partial charge in [0.1, 0.15) is 40.7 Å². The fraction of sp³-hybridized carbons (Fsp3) is 0.110. The van der Waals surface area contributed by atoms with Crippen LogP contribution in [-0.2, 0) is 13.0 Å². The summed E-state index contributed by atoms with van der Waals surface area (Å²) in [5.41, 5.74) is 12.5. The number of amides is 12. The molecule has 18 aromatic rings. The summed E-state index contributed by atoms with van der Waals surface area (Å²) in [6.07, 6.45) is -3.31.